The first-order valence-electron chi connectivity index (χ1n) is 8.58. The van der Waals surface area contributed by atoms with Gasteiger partial charge in [0.25, 0.3) is 11.8 Å². The zero-order valence-corrected chi connectivity index (χ0v) is 16.9. The van der Waals surface area contributed by atoms with E-state index in [0.717, 1.165) is 4.47 Å². The molecule has 2 amide bonds. The molecule has 2 aromatic heterocycles. The SMILES string of the molecule is CCn1cc(NC(=O)c2ccc(COc3ccc(Br)cc3)o2)c(C(=O)NC)n1. The van der Waals surface area contributed by atoms with Crippen LogP contribution in [0.1, 0.15) is 33.7 Å². The van der Waals surface area contributed by atoms with Crippen LogP contribution in [-0.2, 0) is 13.2 Å². The molecule has 0 bridgehead atoms. The molecule has 3 aromatic rings. The molecule has 0 unspecified atom stereocenters. The summed E-state index contributed by atoms with van der Waals surface area (Å²) in [4.78, 5) is 24.4. The Morgan fingerprint density at radius 1 is 1.18 bits per heavy atom. The molecule has 28 heavy (non-hydrogen) atoms. The molecule has 1 aromatic carbocycles. The number of nitrogens with one attached hydrogen (secondary N) is 2. The molecule has 0 spiro atoms. The smallest absolute Gasteiger partial charge is 0.291 e. The van der Waals surface area contributed by atoms with Crippen molar-refractivity contribution in [2.75, 3.05) is 12.4 Å². The lowest BCUT2D eigenvalue weighted by Gasteiger charge is -2.04. The van der Waals surface area contributed by atoms with Gasteiger partial charge in [0.1, 0.15) is 18.1 Å². The molecule has 0 atom stereocenters. The third-order valence-electron chi connectivity index (χ3n) is 3.86. The number of rotatable bonds is 7. The standard InChI is InChI=1S/C19H19BrN4O4/c1-3-24-10-15(17(23-24)19(26)21-2)22-18(25)16-9-8-14(28-16)11-27-13-6-4-12(20)5-7-13/h4-10H,3,11H2,1-2H3,(H,21,26)(H,22,25). The topological polar surface area (TPSA) is 98.4 Å². The van der Waals surface area contributed by atoms with E-state index in [2.05, 4.69) is 31.7 Å². The van der Waals surface area contributed by atoms with Crippen molar-refractivity contribution in [1.29, 1.82) is 0 Å². The van der Waals surface area contributed by atoms with Gasteiger partial charge < -0.3 is 19.8 Å². The number of ether oxygens (including phenoxy) is 1. The lowest BCUT2D eigenvalue weighted by molar-refractivity contribution is 0.0958. The number of furan rings is 1. The van der Waals surface area contributed by atoms with E-state index in [4.69, 9.17) is 9.15 Å². The van der Waals surface area contributed by atoms with Gasteiger partial charge in [0, 0.05) is 24.3 Å². The molecule has 2 heterocycles. The molecule has 0 aliphatic rings. The van der Waals surface area contributed by atoms with E-state index < -0.39 is 5.91 Å². The number of hydrogen-bond acceptors (Lipinski definition) is 5. The van der Waals surface area contributed by atoms with Crippen molar-refractivity contribution < 1.29 is 18.7 Å². The van der Waals surface area contributed by atoms with Gasteiger partial charge >= 0.3 is 0 Å². The monoisotopic (exact) mass is 446 g/mol. The van der Waals surface area contributed by atoms with Crippen LogP contribution in [-0.4, -0.2) is 28.6 Å². The first-order chi connectivity index (χ1) is 13.5. The number of aromatic nitrogens is 2. The Kier molecular flexibility index (Phi) is 6.15. The summed E-state index contributed by atoms with van der Waals surface area (Å²) in [7, 11) is 1.50. The van der Waals surface area contributed by atoms with Crippen LogP contribution < -0.4 is 15.4 Å². The molecule has 0 aliphatic carbocycles. The number of benzene rings is 1. The number of carbonyl (C=O) groups excluding carboxylic acids is 2. The average molecular weight is 447 g/mol. The highest BCUT2D eigenvalue weighted by atomic mass is 79.9. The minimum atomic E-state index is -0.476. The quantitative estimate of drug-likeness (QED) is 0.578. The van der Waals surface area contributed by atoms with Crippen LogP contribution in [0.25, 0.3) is 0 Å². The number of nitrogens with zero attached hydrogens (tertiary/aromatic N) is 2. The van der Waals surface area contributed by atoms with E-state index in [9.17, 15) is 9.59 Å². The molecule has 8 nitrogen and oxygen atoms in total. The van der Waals surface area contributed by atoms with Gasteiger partial charge in [0.05, 0.1) is 5.69 Å². The van der Waals surface area contributed by atoms with Gasteiger partial charge in [-0.1, -0.05) is 15.9 Å². The number of halogens is 1. The maximum absolute atomic E-state index is 12.5. The van der Waals surface area contributed by atoms with Crippen molar-refractivity contribution in [3.05, 3.63) is 64.3 Å². The van der Waals surface area contributed by atoms with Crippen molar-refractivity contribution in [2.24, 2.45) is 0 Å². The van der Waals surface area contributed by atoms with Gasteiger partial charge in [0.2, 0.25) is 0 Å². The zero-order chi connectivity index (χ0) is 20.1. The van der Waals surface area contributed by atoms with Crippen LogP contribution >= 0.6 is 15.9 Å². The first kappa shape index (κ1) is 19.7. The van der Waals surface area contributed by atoms with E-state index in [1.807, 2.05) is 31.2 Å². The van der Waals surface area contributed by atoms with Gasteiger partial charge in [-0.05, 0) is 43.3 Å². The highest BCUT2D eigenvalue weighted by Crippen LogP contribution is 2.19. The summed E-state index contributed by atoms with van der Waals surface area (Å²) in [6, 6.07) is 10.6. The summed E-state index contributed by atoms with van der Waals surface area (Å²) >= 11 is 3.36. The Morgan fingerprint density at radius 3 is 2.61 bits per heavy atom. The second-order valence-electron chi connectivity index (χ2n) is 5.79. The fraction of sp³-hybridized carbons (Fsp3) is 0.211. The van der Waals surface area contributed by atoms with Crippen molar-refractivity contribution >= 4 is 33.4 Å². The van der Waals surface area contributed by atoms with Crippen molar-refractivity contribution in [1.82, 2.24) is 15.1 Å². The lowest BCUT2D eigenvalue weighted by atomic mass is 10.3. The number of aryl methyl sites for hydroxylation is 1. The van der Waals surface area contributed by atoms with Crippen LogP contribution in [0.2, 0.25) is 0 Å². The minimum Gasteiger partial charge on any atom is -0.486 e. The Bertz CT molecular complexity index is 978. The van der Waals surface area contributed by atoms with Crippen LogP contribution in [0, 0.1) is 0 Å². The Hall–Kier alpha value is -3.07. The van der Waals surface area contributed by atoms with Crippen LogP contribution in [0.4, 0.5) is 5.69 Å². The van der Waals surface area contributed by atoms with E-state index >= 15 is 0 Å². The van der Waals surface area contributed by atoms with Gasteiger partial charge in [-0.15, -0.1) is 0 Å². The molecule has 0 fully saturated rings. The Balaban J connectivity index is 1.66. The largest absolute Gasteiger partial charge is 0.486 e. The molecule has 0 aliphatic heterocycles. The molecule has 0 saturated carbocycles. The second kappa shape index (κ2) is 8.75. The molecule has 0 radical (unpaired) electrons. The average Bonchev–Trinajstić information content (AvgIpc) is 3.34. The zero-order valence-electron chi connectivity index (χ0n) is 15.4. The van der Waals surface area contributed by atoms with Crippen molar-refractivity contribution in [3.63, 3.8) is 0 Å². The Labute approximate surface area is 170 Å². The second-order valence-corrected chi connectivity index (χ2v) is 6.70. The van der Waals surface area contributed by atoms with E-state index in [0.29, 0.717) is 23.7 Å². The van der Waals surface area contributed by atoms with E-state index in [-0.39, 0.29) is 24.0 Å². The third-order valence-corrected chi connectivity index (χ3v) is 4.38. The maximum atomic E-state index is 12.5. The highest BCUT2D eigenvalue weighted by Gasteiger charge is 2.19. The number of amides is 2. The van der Waals surface area contributed by atoms with Crippen LogP contribution in [0.5, 0.6) is 5.75 Å². The predicted molar refractivity (Wildman–Crippen MR) is 106 cm³/mol. The fourth-order valence-corrected chi connectivity index (χ4v) is 2.67. The predicted octanol–water partition coefficient (Wildman–Crippen LogP) is 3.45. The van der Waals surface area contributed by atoms with E-state index in [1.165, 1.54) is 7.05 Å². The highest BCUT2D eigenvalue weighted by molar-refractivity contribution is 9.10. The first-order valence-corrected chi connectivity index (χ1v) is 9.37. The Morgan fingerprint density at radius 2 is 1.93 bits per heavy atom. The third kappa shape index (κ3) is 4.61. The van der Waals surface area contributed by atoms with Crippen LogP contribution in [0.15, 0.2) is 51.5 Å². The molecule has 2 N–H and O–H groups in total. The van der Waals surface area contributed by atoms with Crippen molar-refractivity contribution in [2.45, 2.75) is 20.1 Å². The van der Waals surface area contributed by atoms with E-state index in [1.54, 1.807) is 23.0 Å². The summed E-state index contributed by atoms with van der Waals surface area (Å²) in [5.74, 6) is 0.444. The molecule has 9 heteroatoms. The summed E-state index contributed by atoms with van der Waals surface area (Å²) in [6.07, 6.45) is 1.60. The maximum Gasteiger partial charge on any atom is 0.291 e. The number of hydrogen-bond donors (Lipinski definition) is 2. The van der Waals surface area contributed by atoms with Gasteiger partial charge in [-0.2, -0.15) is 5.10 Å². The summed E-state index contributed by atoms with van der Waals surface area (Å²) in [5, 5.41) is 9.33. The minimum absolute atomic E-state index is 0.113. The summed E-state index contributed by atoms with van der Waals surface area (Å²) in [6.45, 7) is 2.64. The van der Waals surface area contributed by atoms with Gasteiger partial charge in [0.15, 0.2) is 11.5 Å². The summed E-state index contributed by atoms with van der Waals surface area (Å²) < 4.78 is 13.7. The fourth-order valence-electron chi connectivity index (χ4n) is 2.41. The molecule has 0 saturated heterocycles. The molecule has 3 rings (SSSR count). The van der Waals surface area contributed by atoms with Gasteiger partial charge in [-0.25, -0.2) is 0 Å². The lowest BCUT2D eigenvalue weighted by Crippen LogP contribution is -2.21. The number of carbonyl (C=O) groups is 2. The van der Waals surface area contributed by atoms with Crippen LogP contribution in [0.3, 0.4) is 0 Å². The van der Waals surface area contributed by atoms with Gasteiger partial charge in [-0.3, -0.25) is 14.3 Å². The summed E-state index contributed by atoms with van der Waals surface area (Å²) in [5.41, 5.74) is 0.457. The van der Waals surface area contributed by atoms with Crippen molar-refractivity contribution in [3.8, 4) is 5.75 Å². The molecule has 146 valence electrons. The molecular formula is C19H19BrN4O4. The number of anilines is 1. The normalized spacial score (nSPS) is 10.5. The molecular weight excluding hydrogens is 428 g/mol.